The highest BCUT2D eigenvalue weighted by atomic mass is 16.5. The Balaban J connectivity index is 2.40. The van der Waals surface area contributed by atoms with E-state index in [0.29, 0.717) is 6.54 Å². The molecule has 6 nitrogen and oxygen atoms in total. The lowest BCUT2D eigenvalue weighted by Crippen LogP contribution is -2.41. The first kappa shape index (κ1) is 21.3. The minimum atomic E-state index is 0.0154. The van der Waals surface area contributed by atoms with Gasteiger partial charge in [0.05, 0.1) is 13.2 Å². The third kappa shape index (κ3) is 9.94. The molecule has 0 heterocycles. The van der Waals surface area contributed by atoms with Gasteiger partial charge in [0.25, 0.3) is 0 Å². The highest BCUT2D eigenvalue weighted by Crippen LogP contribution is 2.14. The third-order valence-electron chi connectivity index (χ3n) is 3.64. The first-order valence-corrected chi connectivity index (χ1v) is 8.98. The Bertz CT molecular complexity index is 508. The van der Waals surface area contributed by atoms with E-state index in [-0.39, 0.29) is 6.10 Å². The number of methoxy groups -OCH3 is 1. The van der Waals surface area contributed by atoms with E-state index in [1.165, 1.54) is 5.56 Å². The van der Waals surface area contributed by atoms with Gasteiger partial charge >= 0.3 is 0 Å². The van der Waals surface area contributed by atoms with Crippen molar-refractivity contribution in [1.29, 1.82) is 0 Å². The van der Waals surface area contributed by atoms with E-state index < -0.39 is 0 Å². The number of likely N-dealkylation sites (N-methyl/N-ethyl adjacent to an activating group) is 1. The first-order valence-electron chi connectivity index (χ1n) is 8.98. The van der Waals surface area contributed by atoms with Crippen LogP contribution in [0.5, 0.6) is 5.75 Å². The Morgan fingerprint density at radius 1 is 1.28 bits per heavy atom. The molecule has 1 aromatic rings. The molecule has 0 aliphatic heterocycles. The van der Waals surface area contributed by atoms with Crippen LogP contribution in [-0.2, 0) is 4.74 Å². The van der Waals surface area contributed by atoms with Gasteiger partial charge in [-0.2, -0.15) is 0 Å². The number of aliphatic imine (C=N–C) groups is 1. The molecule has 1 unspecified atom stereocenters. The number of guanidine groups is 1. The van der Waals surface area contributed by atoms with Crippen LogP contribution in [0.4, 0.5) is 0 Å². The maximum absolute atomic E-state index is 5.93. The van der Waals surface area contributed by atoms with Gasteiger partial charge in [0, 0.05) is 33.3 Å². The topological polar surface area (TPSA) is 58.1 Å². The molecule has 6 heteroatoms. The molecule has 0 amide bonds. The van der Waals surface area contributed by atoms with Gasteiger partial charge in [0.2, 0.25) is 0 Å². The molecule has 0 saturated heterocycles. The molecule has 0 bridgehead atoms. The summed E-state index contributed by atoms with van der Waals surface area (Å²) in [6.45, 7) is 11.0. The fourth-order valence-corrected chi connectivity index (χ4v) is 2.24. The van der Waals surface area contributed by atoms with E-state index in [9.17, 15) is 0 Å². The number of hydrogen-bond acceptors (Lipinski definition) is 4. The van der Waals surface area contributed by atoms with Gasteiger partial charge in [0.15, 0.2) is 5.96 Å². The lowest BCUT2D eigenvalue weighted by molar-refractivity contribution is 0.162. The summed E-state index contributed by atoms with van der Waals surface area (Å²) in [4.78, 5) is 6.84. The van der Waals surface area contributed by atoms with Crippen molar-refractivity contribution in [2.24, 2.45) is 4.99 Å². The maximum Gasteiger partial charge on any atom is 0.191 e. The quantitative estimate of drug-likeness (QED) is 0.471. The molecule has 0 aromatic heterocycles. The van der Waals surface area contributed by atoms with E-state index in [1.807, 2.05) is 25.1 Å². The van der Waals surface area contributed by atoms with Gasteiger partial charge in [-0.3, -0.25) is 0 Å². The van der Waals surface area contributed by atoms with Crippen LogP contribution in [0.25, 0.3) is 0 Å². The monoisotopic (exact) mass is 350 g/mol. The van der Waals surface area contributed by atoms with Crippen molar-refractivity contribution in [3.8, 4) is 5.75 Å². The number of hydrogen-bond donors (Lipinski definition) is 2. The summed E-state index contributed by atoms with van der Waals surface area (Å²) < 4.78 is 11.0. The Hall–Kier alpha value is -1.79. The second kappa shape index (κ2) is 12.6. The summed E-state index contributed by atoms with van der Waals surface area (Å²) in [5.41, 5.74) is 1.20. The van der Waals surface area contributed by atoms with Crippen molar-refractivity contribution in [2.75, 3.05) is 53.5 Å². The standard InChI is InChI=1S/C19H34N4O2/c1-6-20-19(21-10-11-23(4)12-13-24-5)22-15-17(3)25-18-9-7-8-16(2)14-18/h7-9,14,17H,6,10-13,15H2,1-5H3,(H2,20,21,22). The Morgan fingerprint density at radius 3 is 2.76 bits per heavy atom. The number of aryl methyl sites for hydroxylation is 1. The first-order chi connectivity index (χ1) is 12.0. The predicted molar refractivity (Wildman–Crippen MR) is 105 cm³/mol. The zero-order valence-corrected chi connectivity index (χ0v) is 16.3. The normalized spacial score (nSPS) is 13.0. The molecule has 0 saturated carbocycles. The Kier molecular flexibility index (Phi) is 10.7. The molecule has 2 N–H and O–H groups in total. The largest absolute Gasteiger partial charge is 0.489 e. The Morgan fingerprint density at radius 2 is 2.08 bits per heavy atom. The maximum atomic E-state index is 5.93. The highest BCUT2D eigenvalue weighted by Gasteiger charge is 2.05. The van der Waals surface area contributed by atoms with Crippen molar-refractivity contribution in [3.05, 3.63) is 29.8 Å². The molecule has 142 valence electrons. The van der Waals surface area contributed by atoms with Gasteiger partial charge in [0.1, 0.15) is 11.9 Å². The molecular formula is C19H34N4O2. The van der Waals surface area contributed by atoms with Crippen LogP contribution in [0.2, 0.25) is 0 Å². The van der Waals surface area contributed by atoms with Crippen molar-refractivity contribution in [3.63, 3.8) is 0 Å². The van der Waals surface area contributed by atoms with Gasteiger partial charge < -0.3 is 25.0 Å². The molecule has 1 rings (SSSR count). The van der Waals surface area contributed by atoms with Crippen molar-refractivity contribution < 1.29 is 9.47 Å². The van der Waals surface area contributed by atoms with Gasteiger partial charge in [-0.25, -0.2) is 4.99 Å². The smallest absolute Gasteiger partial charge is 0.191 e. The lowest BCUT2D eigenvalue weighted by atomic mass is 10.2. The lowest BCUT2D eigenvalue weighted by Gasteiger charge is -2.18. The van der Waals surface area contributed by atoms with Crippen LogP contribution >= 0.6 is 0 Å². The average Bonchev–Trinajstić information content (AvgIpc) is 2.58. The SMILES string of the molecule is CCNC(=NCC(C)Oc1cccc(C)c1)NCCN(C)CCOC. The molecular weight excluding hydrogens is 316 g/mol. The van der Waals surface area contributed by atoms with Crippen LogP contribution in [0.3, 0.4) is 0 Å². The summed E-state index contributed by atoms with van der Waals surface area (Å²) >= 11 is 0. The van der Waals surface area contributed by atoms with E-state index in [0.717, 1.165) is 44.5 Å². The average molecular weight is 351 g/mol. The molecule has 0 aliphatic carbocycles. The van der Waals surface area contributed by atoms with E-state index in [2.05, 4.69) is 47.5 Å². The molecule has 25 heavy (non-hydrogen) atoms. The van der Waals surface area contributed by atoms with Crippen molar-refractivity contribution in [1.82, 2.24) is 15.5 Å². The van der Waals surface area contributed by atoms with E-state index >= 15 is 0 Å². The summed E-state index contributed by atoms with van der Waals surface area (Å²) in [5, 5.41) is 6.63. The zero-order chi connectivity index (χ0) is 18.5. The fourth-order valence-electron chi connectivity index (χ4n) is 2.24. The molecule has 0 aliphatic rings. The predicted octanol–water partition coefficient (Wildman–Crippen LogP) is 1.90. The van der Waals surface area contributed by atoms with Crippen molar-refractivity contribution >= 4 is 5.96 Å². The number of benzene rings is 1. The Labute approximate surface area is 152 Å². The van der Waals surface area contributed by atoms with Crippen molar-refractivity contribution in [2.45, 2.75) is 26.9 Å². The number of nitrogens with zero attached hydrogens (tertiary/aromatic N) is 2. The second-order valence-corrected chi connectivity index (χ2v) is 6.19. The summed E-state index contributed by atoms with van der Waals surface area (Å²) in [6.07, 6.45) is 0.0154. The number of ether oxygens (including phenoxy) is 2. The van der Waals surface area contributed by atoms with Crippen LogP contribution in [-0.4, -0.2) is 70.5 Å². The number of rotatable bonds is 11. The second-order valence-electron chi connectivity index (χ2n) is 6.19. The minimum absolute atomic E-state index is 0.0154. The zero-order valence-electron chi connectivity index (χ0n) is 16.3. The van der Waals surface area contributed by atoms with Gasteiger partial charge in [-0.05, 0) is 45.5 Å². The van der Waals surface area contributed by atoms with Crippen LogP contribution in [0.1, 0.15) is 19.4 Å². The van der Waals surface area contributed by atoms with Crippen LogP contribution in [0.15, 0.2) is 29.3 Å². The van der Waals surface area contributed by atoms with E-state index in [1.54, 1.807) is 7.11 Å². The summed E-state index contributed by atoms with van der Waals surface area (Å²) in [5.74, 6) is 1.71. The highest BCUT2D eigenvalue weighted by molar-refractivity contribution is 5.79. The number of nitrogens with one attached hydrogen (secondary N) is 2. The summed E-state index contributed by atoms with van der Waals surface area (Å²) in [6, 6.07) is 8.09. The molecule has 0 fully saturated rings. The molecule has 0 spiro atoms. The fraction of sp³-hybridized carbons (Fsp3) is 0.632. The van der Waals surface area contributed by atoms with Gasteiger partial charge in [-0.15, -0.1) is 0 Å². The van der Waals surface area contributed by atoms with Crippen LogP contribution in [0, 0.1) is 6.92 Å². The minimum Gasteiger partial charge on any atom is -0.489 e. The van der Waals surface area contributed by atoms with E-state index in [4.69, 9.17) is 9.47 Å². The molecule has 1 aromatic carbocycles. The molecule has 0 radical (unpaired) electrons. The van der Waals surface area contributed by atoms with Crippen LogP contribution < -0.4 is 15.4 Å². The molecule has 1 atom stereocenters. The third-order valence-corrected chi connectivity index (χ3v) is 3.64. The summed E-state index contributed by atoms with van der Waals surface area (Å²) in [7, 11) is 3.81. The van der Waals surface area contributed by atoms with Gasteiger partial charge in [-0.1, -0.05) is 12.1 Å².